The number of hydrogen-bond acceptors (Lipinski definition) is 5. The Hall–Kier alpha value is -3.69. The number of para-hydroxylation sites is 2. The van der Waals surface area contributed by atoms with Crippen molar-refractivity contribution in [3.63, 3.8) is 0 Å². The van der Waals surface area contributed by atoms with E-state index in [9.17, 15) is 18.0 Å². The molecule has 5 rings (SSSR count). The van der Waals surface area contributed by atoms with Gasteiger partial charge in [0, 0.05) is 37.4 Å². The topological polar surface area (TPSA) is 76.5 Å². The van der Waals surface area contributed by atoms with Crippen molar-refractivity contribution in [2.75, 3.05) is 13.1 Å². The molecule has 32 heavy (non-hydrogen) atoms. The lowest BCUT2D eigenvalue weighted by Crippen LogP contribution is -2.38. The van der Waals surface area contributed by atoms with Crippen molar-refractivity contribution < 1.29 is 22.4 Å². The summed E-state index contributed by atoms with van der Waals surface area (Å²) < 4.78 is 46.3. The molecule has 0 spiro atoms. The second kappa shape index (κ2) is 7.77. The molecule has 1 unspecified atom stereocenters. The van der Waals surface area contributed by atoms with Gasteiger partial charge in [-0.3, -0.25) is 9.20 Å². The highest BCUT2D eigenvalue weighted by Gasteiger charge is 2.32. The standard InChI is InChI=1S/C22H18F3N5O2/c23-22(24,25)15-7-8-18-27-28-21(30(18)13-15)14-4-3-11-29(12-14)20(31)10-9-19-26-16-5-1-2-6-17(16)32-19/h1-2,5-10,13-14H,3-4,11-12H2/b10-9+. The Balaban J connectivity index is 1.34. The Morgan fingerprint density at radius 2 is 2.00 bits per heavy atom. The van der Waals surface area contributed by atoms with Crippen LogP contribution in [0.25, 0.3) is 22.8 Å². The number of rotatable bonds is 3. The van der Waals surface area contributed by atoms with Crippen molar-refractivity contribution >= 4 is 28.7 Å². The van der Waals surface area contributed by atoms with E-state index in [1.165, 1.54) is 22.6 Å². The van der Waals surface area contributed by atoms with Gasteiger partial charge >= 0.3 is 6.18 Å². The van der Waals surface area contributed by atoms with E-state index in [2.05, 4.69) is 15.2 Å². The number of piperidine rings is 1. The molecule has 1 amide bonds. The van der Waals surface area contributed by atoms with Crippen LogP contribution in [-0.2, 0) is 11.0 Å². The number of hydrogen-bond donors (Lipinski definition) is 0. The molecular formula is C22H18F3N5O2. The summed E-state index contributed by atoms with van der Waals surface area (Å²) in [7, 11) is 0. The van der Waals surface area contributed by atoms with Crippen LogP contribution in [0.1, 0.15) is 36.0 Å². The maximum atomic E-state index is 13.1. The zero-order valence-electron chi connectivity index (χ0n) is 16.8. The number of carbonyl (C=O) groups is 1. The zero-order valence-corrected chi connectivity index (χ0v) is 16.8. The number of amides is 1. The van der Waals surface area contributed by atoms with Crippen LogP contribution in [0.2, 0.25) is 0 Å². The minimum Gasteiger partial charge on any atom is -0.437 e. The summed E-state index contributed by atoms with van der Waals surface area (Å²) in [5.74, 6) is 0.313. The third-order valence-electron chi connectivity index (χ3n) is 5.53. The van der Waals surface area contributed by atoms with Crippen LogP contribution < -0.4 is 0 Å². The van der Waals surface area contributed by atoms with Gasteiger partial charge in [-0.1, -0.05) is 12.1 Å². The van der Waals surface area contributed by atoms with Gasteiger partial charge in [-0.15, -0.1) is 10.2 Å². The van der Waals surface area contributed by atoms with Crippen LogP contribution in [0.4, 0.5) is 13.2 Å². The predicted octanol–water partition coefficient (Wildman–Crippen LogP) is 4.31. The lowest BCUT2D eigenvalue weighted by molar-refractivity contribution is -0.137. The van der Waals surface area contributed by atoms with Gasteiger partial charge in [0.25, 0.3) is 0 Å². The molecule has 0 radical (unpaired) electrons. The average Bonchev–Trinajstić information content (AvgIpc) is 3.40. The van der Waals surface area contributed by atoms with Gasteiger partial charge in [0.15, 0.2) is 11.2 Å². The number of oxazole rings is 1. The minimum atomic E-state index is -4.46. The Kier molecular flexibility index (Phi) is 4.91. The fourth-order valence-electron chi connectivity index (χ4n) is 3.95. The molecule has 3 aromatic heterocycles. The molecule has 0 aliphatic carbocycles. The average molecular weight is 441 g/mol. The molecule has 7 nitrogen and oxygen atoms in total. The highest BCUT2D eigenvalue weighted by molar-refractivity contribution is 5.91. The maximum absolute atomic E-state index is 13.1. The summed E-state index contributed by atoms with van der Waals surface area (Å²) in [6, 6.07) is 9.59. The summed E-state index contributed by atoms with van der Waals surface area (Å²) in [6.07, 6.45) is 0.889. The van der Waals surface area contributed by atoms with Gasteiger partial charge in [-0.05, 0) is 37.1 Å². The van der Waals surface area contributed by atoms with Gasteiger partial charge in [0.2, 0.25) is 11.8 Å². The van der Waals surface area contributed by atoms with Crippen molar-refractivity contribution in [3.05, 3.63) is 65.9 Å². The molecule has 4 heterocycles. The number of fused-ring (bicyclic) bond motifs is 2. The van der Waals surface area contributed by atoms with Crippen LogP contribution in [0, 0.1) is 0 Å². The number of likely N-dealkylation sites (tertiary alicyclic amines) is 1. The molecule has 1 saturated heterocycles. The fraction of sp³-hybridized carbons (Fsp3) is 0.273. The third-order valence-corrected chi connectivity index (χ3v) is 5.53. The smallest absolute Gasteiger partial charge is 0.417 e. The largest absolute Gasteiger partial charge is 0.437 e. The highest BCUT2D eigenvalue weighted by atomic mass is 19.4. The predicted molar refractivity (Wildman–Crippen MR) is 110 cm³/mol. The summed E-state index contributed by atoms with van der Waals surface area (Å²) in [4.78, 5) is 18.7. The maximum Gasteiger partial charge on any atom is 0.417 e. The number of nitrogens with zero attached hydrogens (tertiary/aromatic N) is 5. The molecule has 1 fully saturated rings. The molecule has 1 atom stereocenters. The molecule has 0 bridgehead atoms. The van der Waals surface area contributed by atoms with E-state index in [-0.39, 0.29) is 11.8 Å². The third kappa shape index (κ3) is 3.83. The van der Waals surface area contributed by atoms with Gasteiger partial charge in [0.1, 0.15) is 11.3 Å². The summed E-state index contributed by atoms with van der Waals surface area (Å²) in [6.45, 7) is 0.894. The minimum absolute atomic E-state index is 0.219. The molecule has 1 aliphatic rings. The Morgan fingerprint density at radius 1 is 1.16 bits per heavy atom. The van der Waals surface area contributed by atoms with Crippen LogP contribution in [0.3, 0.4) is 0 Å². The lowest BCUT2D eigenvalue weighted by atomic mass is 9.97. The number of alkyl halides is 3. The number of aromatic nitrogens is 4. The highest BCUT2D eigenvalue weighted by Crippen LogP contribution is 2.31. The van der Waals surface area contributed by atoms with Crippen molar-refractivity contribution in [2.24, 2.45) is 0 Å². The lowest BCUT2D eigenvalue weighted by Gasteiger charge is -2.31. The Bertz CT molecular complexity index is 1290. The molecule has 1 aliphatic heterocycles. The van der Waals surface area contributed by atoms with Crippen molar-refractivity contribution in [1.29, 1.82) is 0 Å². The number of halogens is 3. The molecule has 10 heteroatoms. The molecule has 164 valence electrons. The van der Waals surface area contributed by atoms with E-state index in [0.29, 0.717) is 54.4 Å². The van der Waals surface area contributed by atoms with Gasteiger partial charge in [-0.2, -0.15) is 13.2 Å². The first-order valence-electron chi connectivity index (χ1n) is 10.1. The first-order valence-corrected chi connectivity index (χ1v) is 10.1. The molecule has 0 N–H and O–H groups in total. The number of pyridine rings is 1. The second-order valence-corrected chi connectivity index (χ2v) is 7.68. The first-order chi connectivity index (χ1) is 15.4. The second-order valence-electron chi connectivity index (χ2n) is 7.68. The van der Waals surface area contributed by atoms with Gasteiger partial charge in [-0.25, -0.2) is 4.98 Å². The van der Waals surface area contributed by atoms with E-state index < -0.39 is 11.7 Å². The van der Waals surface area contributed by atoms with Gasteiger partial charge in [0.05, 0.1) is 5.56 Å². The van der Waals surface area contributed by atoms with Crippen LogP contribution in [0.15, 0.2) is 53.1 Å². The van der Waals surface area contributed by atoms with E-state index in [0.717, 1.165) is 12.3 Å². The Labute approximate surface area is 180 Å². The van der Waals surface area contributed by atoms with Crippen LogP contribution in [-0.4, -0.2) is 43.5 Å². The molecule has 4 aromatic rings. The quantitative estimate of drug-likeness (QED) is 0.443. The van der Waals surface area contributed by atoms with E-state index in [1.54, 1.807) is 11.0 Å². The van der Waals surface area contributed by atoms with E-state index in [1.807, 2.05) is 18.2 Å². The summed E-state index contributed by atoms with van der Waals surface area (Å²) in [5, 5.41) is 8.11. The van der Waals surface area contributed by atoms with Crippen molar-refractivity contribution in [2.45, 2.75) is 24.9 Å². The van der Waals surface area contributed by atoms with Crippen molar-refractivity contribution in [1.82, 2.24) is 24.5 Å². The zero-order chi connectivity index (χ0) is 22.3. The van der Waals surface area contributed by atoms with E-state index >= 15 is 0 Å². The van der Waals surface area contributed by atoms with Gasteiger partial charge < -0.3 is 9.32 Å². The number of carbonyl (C=O) groups excluding carboxylic acids is 1. The molecule has 0 saturated carbocycles. The SMILES string of the molecule is O=C(/C=C/c1nc2ccccc2o1)N1CCCC(c2nnc3ccc(C(F)(F)F)cn23)C1. The van der Waals surface area contributed by atoms with Crippen molar-refractivity contribution in [3.8, 4) is 0 Å². The molecule has 1 aromatic carbocycles. The summed E-state index contributed by atoms with van der Waals surface area (Å²) >= 11 is 0. The first kappa shape index (κ1) is 20.2. The number of benzene rings is 1. The van der Waals surface area contributed by atoms with Crippen LogP contribution >= 0.6 is 0 Å². The normalized spacial score (nSPS) is 17.6. The van der Waals surface area contributed by atoms with Crippen LogP contribution in [0.5, 0.6) is 0 Å². The molecular weight excluding hydrogens is 423 g/mol. The van der Waals surface area contributed by atoms with E-state index in [4.69, 9.17) is 4.42 Å². The summed E-state index contributed by atoms with van der Waals surface area (Å²) in [5.41, 5.74) is 0.910. The monoisotopic (exact) mass is 441 g/mol. The Morgan fingerprint density at radius 3 is 2.81 bits per heavy atom. The fourth-order valence-corrected chi connectivity index (χ4v) is 3.95.